The second-order valence-electron chi connectivity index (χ2n) is 13.9. The van der Waals surface area contributed by atoms with Gasteiger partial charge in [0.05, 0.1) is 30.5 Å². The third kappa shape index (κ3) is 4.98. The molecule has 6 heteroatoms. The fourth-order valence-corrected chi connectivity index (χ4v) is 9.30. The van der Waals surface area contributed by atoms with Gasteiger partial charge in [0.25, 0.3) is 0 Å². The summed E-state index contributed by atoms with van der Waals surface area (Å²) in [7, 11) is 0. The first-order chi connectivity index (χ1) is 30.7. The summed E-state index contributed by atoms with van der Waals surface area (Å²) in [6.45, 7) is 0. The number of fused-ring (bicyclic) bond motifs is 9. The molecule has 0 spiro atoms. The molecule has 0 saturated heterocycles. The Morgan fingerprint density at radius 3 is 1.93 bits per heavy atom. The van der Waals surface area contributed by atoms with Crippen molar-refractivity contribution in [3.63, 3.8) is 0 Å². The van der Waals surface area contributed by atoms with E-state index >= 15 is 0 Å². The van der Waals surface area contributed by atoms with Gasteiger partial charge in [0.2, 0.25) is 0 Å². The third-order valence-electron chi connectivity index (χ3n) is 10.6. The molecule has 0 aliphatic rings. The zero-order valence-corrected chi connectivity index (χ0v) is 30.8. The summed E-state index contributed by atoms with van der Waals surface area (Å²) in [4.78, 5) is 15.3. The molecular weight excluding hydrogens is 717 g/mol. The molecular formula is C51H30N4OS. The SMILES string of the molecule is [2H]c1cc([2H])c2c(c1[2H])c1c([2H])c([2H])cc([2H])c1n2-c1ccc(-c2nc(-c3ccccc3)nc(-c3cccc4c3oc3ccccc34)n2)cc1-c1cccc2c1sc1ccccc12. The number of thiophene rings is 1. The van der Waals surface area contributed by atoms with Gasteiger partial charge in [-0.1, -0.05) is 133 Å². The lowest BCUT2D eigenvalue weighted by Gasteiger charge is -2.17. The van der Waals surface area contributed by atoms with Gasteiger partial charge in [0.1, 0.15) is 11.2 Å². The normalized spacial score (nSPS) is 13.3. The van der Waals surface area contributed by atoms with Gasteiger partial charge in [-0.25, -0.2) is 15.0 Å². The van der Waals surface area contributed by atoms with Gasteiger partial charge in [-0.3, -0.25) is 0 Å². The molecule has 0 N–H and O–H groups in total. The first-order valence-corrected chi connectivity index (χ1v) is 19.3. The van der Waals surface area contributed by atoms with Crippen molar-refractivity contribution in [1.82, 2.24) is 19.5 Å². The highest BCUT2D eigenvalue weighted by molar-refractivity contribution is 7.26. The van der Waals surface area contributed by atoms with E-state index in [2.05, 4.69) is 24.3 Å². The van der Waals surface area contributed by atoms with Crippen molar-refractivity contribution in [1.29, 1.82) is 0 Å². The Hall–Kier alpha value is -7.41. The van der Waals surface area contributed by atoms with E-state index in [1.165, 1.54) is 12.1 Å². The van der Waals surface area contributed by atoms with Crippen molar-refractivity contribution in [2.75, 3.05) is 0 Å². The molecule has 0 amide bonds. The van der Waals surface area contributed by atoms with Gasteiger partial charge in [-0.15, -0.1) is 11.3 Å². The van der Waals surface area contributed by atoms with Gasteiger partial charge in [-0.2, -0.15) is 0 Å². The number of aromatic nitrogens is 4. The van der Waals surface area contributed by atoms with E-state index in [1.54, 1.807) is 15.9 Å². The third-order valence-corrected chi connectivity index (χ3v) is 11.8. The minimum atomic E-state index is -0.170. The summed E-state index contributed by atoms with van der Waals surface area (Å²) in [6.07, 6.45) is 0. The van der Waals surface area contributed by atoms with Crippen LogP contribution < -0.4 is 0 Å². The Morgan fingerprint density at radius 2 is 1.12 bits per heavy atom. The topological polar surface area (TPSA) is 56.7 Å². The molecule has 4 heterocycles. The molecule has 57 heavy (non-hydrogen) atoms. The van der Waals surface area contributed by atoms with E-state index in [-0.39, 0.29) is 58.1 Å². The van der Waals surface area contributed by atoms with Crippen LogP contribution in [0.25, 0.3) is 115 Å². The van der Waals surface area contributed by atoms with E-state index in [1.807, 2.05) is 109 Å². The van der Waals surface area contributed by atoms with Gasteiger partial charge >= 0.3 is 0 Å². The monoisotopic (exact) mass is 752 g/mol. The zero-order valence-electron chi connectivity index (χ0n) is 36.0. The number of hydrogen-bond acceptors (Lipinski definition) is 5. The Morgan fingerprint density at radius 1 is 0.474 bits per heavy atom. The largest absolute Gasteiger partial charge is 0.455 e. The lowest BCUT2D eigenvalue weighted by molar-refractivity contribution is 0.669. The Kier molecular flexibility index (Phi) is 5.82. The van der Waals surface area contributed by atoms with Crippen LogP contribution >= 0.6 is 11.3 Å². The molecule has 8 aromatic carbocycles. The number of para-hydroxylation sites is 4. The van der Waals surface area contributed by atoms with Gasteiger partial charge < -0.3 is 8.98 Å². The quantitative estimate of drug-likeness (QED) is 0.176. The highest BCUT2D eigenvalue weighted by Crippen LogP contribution is 2.44. The van der Waals surface area contributed by atoms with Gasteiger partial charge in [0.15, 0.2) is 17.5 Å². The van der Waals surface area contributed by atoms with Crippen LogP contribution in [-0.2, 0) is 0 Å². The zero-order chi connectivity index (χ0) is 42.7. The number of rotatable bonds is 5. The number of furan rings is 1. The first-order valence-electron chi connectivity index (χ1n) is 21.5. The van der Waals surface area contributed by atoms with E-state index in [9.17, 15) is 2.74 Å². The summed E-state index contributed by atoms with van der Waals surface area (Å²) >= 11 is 1.67. The minimum absolute atomic E-state index is 0.0306. The minimum Gasteiger partial charge on any atom is -0.455 e. The Balaban J connectivity index is 1.18. The first kappa shape index (κ1) is 26.4. The molecule has 0 aliphatic carbocycles. The fourth-order valence-electron chi connectivity index (χ4n) is 8.07. The summed E-state index contributed by atoms with van der Waals surface area (Å²) in [6, 6.07) is 45.9. The van der Waals surface area contributed by atoms with Crippen LogP contribution in [0.4, 0.5) is 0 Å². The highest BCUT2D eigenvalue weighted by Gasteiger charge is 2.22. The van der Waals surface area contributed by atoms with Gasteiger partial charge in [0, 0.05) is 64.0 Å². The molecule has 0 atom stereocenters. The molecule has 12 rings (SSSR count). The van der Waals surface area contributed by atoms with Gasteiger partial charge in [-0.05, 0) is 48.5 Å². The van der Waals surface area contributed by atoms with Crippen molar-refractivity contribution >= 4 is 75.3 Å². The smallest absolute Gasteiger partial charge is 0.167 e. The van der Waals surface area contributed by atoms with Crippen LogP contribution in [0.15, 0.2) is 186 Å². The molecule has 0 aliphatic heterocycles. The van der Waals surface area contributed by atoms with Crippen LogP contribution in [-0.4, -0.2) is 19.5 Å². The molecule has 5 nitrogen and oxygen atoms in total. The Bertz CT molecular complexity index is 3830. The number of benzene rings is 8. The summed E-state index contributed by atoms with van der Waals surface area (Å²) in [5.41, 5.74) is 6.39. The summed E-state index contributed by atoms with van der Waals surface area (Å²) in [5.74, 6) is 1.32. The molecule has 0 radical (unpaired) electrons. The Labute approximate surface area is 339 Å². The number of hydrogen-bond donors (Lipinski definition) is 0. The van der Waals surface area contributed by atoms with Crippen LogP contribution in [0, 0.1) is 0 Å². The molecule has 0 fully saturated rings. The van der Waals surface area contributed by atoms with Crippen LogP contribution in [0.5, 0.6) is 0 Å². The van der Waals surface area contributed by atoms with Crippen molar-refractivity contribution in [3.05, 3.63) is 182 Å². The molecule has 266 valence electrons. The summed E-state index contributed by atoms with van der Waals surface area (Å²) < 4.78 is 64.2. The summed E-state index contributed by atoms with van der Waals surface area (Å²) in [5, 5.41) is 4.52. The van der Waals surface area contributed by atoms with E-state index in [0.29, 0.717) is 39.9 Å². The molecule has 12 aromatic rings. The predicted molar refractivity (Wildman–Crippen MR) is 236 cm³/mol. The van der Waals surface area contributed by atoms with Crippen molar-refractivity contribution in [2.24, 2.45) is 0 Å². The standard InChI is InChI=1S/C51H30N4OS/c1-2-14-31(15-3-1)49-52-50(54-51(53-49)40-23-12-20-37-35-18-6-10-26-45(35)56-47(37)40)32-28-29-44(55-42-24-8-4-16-33(42)34-17-5-9-25-43(34)55)41(30-32)39-22-13-21-38-36-19-7-11-27-46(36)57-48(38)39/h1-30H/i4D,5D,16D,17D,24D,25D. The van der Waals surface area contributed by atoms with E-state index in [4.69, 9.17) is 24.9 Å². The molecule has 4 aromatic heterocycles. The second-order valence-corrected chi connectivity index (χ2v) is 14.9. The van der Waals surface area contributed by atoms with Crippen LogP contribution in [0.2, 0.25) is 0 Å². The van der Waals surface area contributed by atoms with Crippen molar-refractivity contribution in [2.45, 2.75) is 0 Å². The maximum Gasteiger partial charge on any atom is 0.167 e. The van der Waals surface area contributed by atoms with Crippen LogP contribution in [0.3, 0.4) is 0 Å². The molecule has 0 bridgehead atoms. The fraction of sp³-hybridized carbons (Fsp3) is 0. The lowest BCUT2D eigenvalue weighted by Crippen LogP contribution is -2.02. The molecule has 0 saturated carbocycles. The second kappa shape index (κ2) is 12.6. The molecule has 0 unspecified atom stereocenters. The van der Waals surface area contributed by atoms with E-state index in [0.717, 1.165) is 53.2 Å². The maximum atomic E-state index is 9.25. The predicted octanol–water partition coefficient (Wildman–Crippen LogP) is 13.9. The average Bonchev–Trinajstić information content (AvgIpc) is 4.01. The highest BCUT2D eigenvalue weighted by atomic mass is 32.1. The van der Waals surface area contributed by atoms with E-state index < -0.39 is 0 Å². The van der Waals surface area contributed by atoms with Crippen molar-refractivity contribution in [3.8, 4) is 51.0 Å². The van der Waals surface area contributed by atoms with Crippen molar-refractivity contribution < 1.29 is 12.6 Å². The average molecular weight is 753 g/mol. The lowest BCUT2D eigenvalue weighted by atomic mass is 9.98. The maximum absolute atomic E-state index is 9.25. The van der Waals surface area contributed by atoms with Crippen LogP contribution in [0.1, 0.15) is 8.22 Å². The number of nitrogens with zero attached hydrogens (tertiary/aromatic N) is 4.